The Kier molecular flexibility index (Phi) is 6.93. The van der Waals surface area contributed by atoms with Crippen LogP contribution in [0.3, 0.4) is 0 Å². The number of rotatable bonds is 4. The van der Waals surface area contributed by atoms with Crippen molar-refractivity contribution < 1.29 is 4.74 Å². The van der Waals surface area contributed by atoms with E-state index in [2.05, 4.69) is 163 Å². The maximum atomic E-state index is 7.58. The maximum Gasteiger partial charge on any atom is 0.155 e. The van der Waals surface area contributed by atoms with Gasteiger partial charge in [0.05, 0.1) is 17.1 Å². The van der Waals surface area contributed by atoms with Gasteiger partial charge in [0, 0.05) is 16.5 Å². The van der Waals surface area contributed by atoms with Crippen molar-refractivity contribution in [2.45, 2.75) is 134 Å². The van der Waals surface area contributed by atoms with E-state index < -0.39 is 0 Å². The standard InChI is InChI=1S/C56H61NO/c1-51(2)24-26-53(5,6)48-39(51)19-14-21-42(48)57(43-22-15-20-40-49(43)54(7,8)27-25-52(40,3)4)44-31-36(35-16-10-9-11-17-35)30-41-50(44)58-45-23-13-12-18-38(45)56(41)46-29-34-28-37-32-47(56)55(37,46)33-34/h9-23,30-31,34,37,46-47H,24-29,32-33H2,1-8H3. The summed E-state index contributed by atoms with van der Waals surface area (Å²) < 4.78 is 7.58. The van der Waals surface area contributed by atoms with Gasteiger partial charge in [0.2, 0.25) is 0 Å². The first-order chi connectivity index (χ1) is 27.7. The van der Waals surface area contributed by atoms with Crippen molar-refractivity contribution in [2.24, 2.45) is 29.1 Å². The van der Waals surface area contributed by atoms with Crippen LogP contribution in [0, 0.1) is 29.1 Å². The third-order valence-electron chi connectivity index (χ3n) is 18.0. The Balaban J connectivity index is 1.22. The molecule has 5 aromatic rings. The Morgan fingerprint density at radius 2 is 1.07 bits per heavy atom. The zero-order valence-electron chi connectivity index (χ0n) is 36.1. The number of hydrogen-bond donors (Lipinski definition) is 0. The van der Waals surface area contributed by atoms with Gasteiger partial charge in [0.25, 0.3) is 0 Å². The Hall–Kier alpha value is -4.30. The molecule has 2 heteroatoms. The predicted octanol–water partition coefficient (Wildman–Crippen LogP) is 15.0. The Morgan fingerprint density at radius 3 is 1.71 bits per heavy atom. The topological polar surface area (TPSA) is 12.5 Å². The van der Waals surface area contributed by atoms with Crippen molar-refractivity contribution in [1.29, 1.82) is 0 Å². The molecule has 1 heterocycles. The predicted molar refractivity (Wildman–Crippen MR) is 239 cm³/mol. The van der Waals surface area contributed by atoms with Crippen LogP contribution in [0.25, 0.3) is 11.1 Å². The highest BCUT2D eigenvalue weighted by atomic mass is 16.5. The second-order valence-electron chi connectivity index (χ2n) is 22.7. The zero-order valence-corrected chi connectivity index (χ0v) is 36.1. The second-order valence-corrected chi connectivity index (χ2v) is 22.7. The molecule has 12 rings (SSSR count). The lowest BCUT2D eigenvalue weighted by molar-refractivity contribution is -0.235. The lowest BCUT2D eigenvalue weighted by Crippen LogP contribution is -2.74. The number of fused-ring (bicyclic) bond motifs is 9. The van der Waals surface area contributed by atoms with E-state index in [4.69, 9.17) is 4.74 Å². The molecule has 5 aromatic carbocycles. The number of nitrogens with zero attached hydrogens (tertiary/aromatic N) is 1. The molecule has 2 spiro atoms. The van der Waals surface area contributed by atoms with Gasteiger partial charge in [-0.15, -0.1) is 0 Å². The van der Waals surface area contributed by atoms with Crippen LogP contribution >= 0.6 is 0 Å². The van der Waals surface area contributed by atoms with Crippen LogP contribution in [0.4, 0.5) is 17.1 Å². The van der Waals surface area contributed by atoms with Gasteiger partial charge in [-0.25, -0.2) is 0 Å². The number of benzene rings is 5. The SMILES string of the molecule is CC1(C)CCC(C)(C)c2c(N(c3cc(-c4ccccc4)cc4c3Oc3ccccc3C43C4CC5CC6CC3C64C5)c3cccc4c3C(C)(C)CCC4(C)C)cccc21. The van der Waals surface area contributed by atoms with Crippen LogP contribution in [0.1, 0.15) is 140 Å². The van der Waals surface area contributed by atoms with Crippen molar-refractivity contribution in [3.63, 3.8) is 0 Å². The molecule has 0 amide bonds. The van der Waals surface area contributed by atoms with Gasteiger partial charge >= 0.3 is 0 Å². The third-order valence-corrected chi connectivity index (χ3v) is 18.0. The van der Waals surface area contributed by atoms with Crippen molar-refractivity contribution in [3.8, 4) is 22.6 Å². The van der Waals surface area contributed by atoms with E-state index in [0.29, 0.717) is 17.3 Å². The van der Waals surface area contributed by atoms with E-state index in [1.54, 1.807) is 0 Å². The van der Waals surface area contributed by atoms with Gasteiger partial charge in [0.1, 0.15) is 5.75 Å². The average molecular weight is 764 g/mol. The third kappa shape index (κ3) is 4.30. The fourth-order valence-electron chi connectivity index (χ4n) is 15.3. The summed E-state index contributed by atoms with van der Waals surface area (Å²) in [5, 5.41) is 0. The summed E-state index contributed by atoms with van der Waals surface area (Å²) in [6.45, 7) is 19.9. The summed E-state index contributed by atoms with van der Waals surface area (Å²) in [6, 6.07) is 40.1. The van der Waals surface area contributed by atoms with Gasteiger partial charge in [-0.3, -0.25) is 0 Å². The maximum absolute atomic E-state index is 7.58. The summed E-state index contributed by atoms with van der Waals surface area (Å²) in [7, 11) is 0. The average Bonchev–Trinajstić information content (AvgIpc) is 3.74. The normalized spacial score (nSPS) is 31.4. The molecule has 0 saturated heterocycles. The summed E-state index contributed by atoms with van der Waals surface area (Å²) in [5.41, 5.74) is 16.0. The largest absolute Gasteiger partial charge is 0.455 e. The Labute approximate surface area is 347 Å². The minimum Gasteiger partial charge on any atom is -0.455 e. The molecule has 4 saturated carbocycles. The molecule has 2 nitrogen and oxygen atoms in total. The lowest BCUT2D eigenvalue weighted by Gasteiger charge is -2.77. The molecule has 6 atom stereocenters. The smallest absolute Gasteiger partial charge is 0.155 e. The van der Waals surface area contributed by atoms with Gasteiger partial charge in [-0.1, -0.05) is 128 Å². The molecule has 1 aliphatic heterocycles. The number of ether oxygens (including phenoxy) is 1. The molecule has 6 aliphatic carbocycles. The summed E-state index contributed by atoms with van der Waals surface area (Å²) >= 11 is 0. The summed E-state index contributed by atoms with van der Waals surface area (Å²) in [5.74, 6) is 5.32. The van der Waals surface area contributed by atoms with E-state index in [9.17, 15) is 0 Å². The highest BCUT2D eigenvalue weighted by Crippen LogP contribution is 2.89. The van der Waals surface area contributed by atoms with E-state index in [-0.39, 0.29) is 27.1 Å². The molecular weight excluding hydrogens is 703 g/mol. The van der Waals surface area contributed by atoms with Crippen molar-refractivity contribution in [2.75, 3.05) is 4.90 Å². The van der Waals surface area contributed by atoms with Crippen LogP contribution in [0.2, 0.25) is 0 Å². The Morgan fingerprint density at radius 1 is 0.500 bits per heavy atom. The number of anilines is 3. The molecule has 7 aliphatic rings. The van der Waals surface area contributed by atoms with Crippen LogP contribution in [0.5, 0.6) is 11.5 Å². The number of hydrogen-bond acceptors (Lipinski definition) is 2. The summed E-state index contributed by atoms with van der Waals surface area (Å²) in [6.07, 6.45) is 10.3. The lowest BCUT2D eigenvalue weighted by atomic mass is 9.26. The highest BCUT2D eigenvalue weighted by Gasteiger charge is 2.84. The molecule has 58 heavy (non-hydrogen) atoms. The van der Waals surface area contributed by atoms with Gasteiger partial charge < -0.3 is 9.64 Å². The molecular formula is C56H61NO. The van der Waals surface area contributed by atoms with E-state index in [0.717, 1.165) is 36.2 Å². The van der Waals surface area contributed by atoms with E-state index in [1.165, 1.54) is 100 Å². The van der Waals surface area contributed by atoms with Gasteiger partial charge in [-0.2, -0.15) is 0 Å². The molecule has 296 valence electrons. The van der Waals surface area contributed by atoms with Crippen molar-refractivity contribution in [3.05, 3.63) is 137 Å². The molecule has 0 radical (unpaired) electrons. The Bertz CT molecular complexity index is 2480. The van der Waals surface area contributed by atoms with Crippen LogP contribution < -0.4 is 9.64 Å². The second kappa shape index (κ2) is 11.3. The van der Waals surface area contributed by atoms with Crippen LogP contribution in [-0.2, 0) is 27.1 Å². The van der Waals surface area contributed by atoms with Gasteiger partial charge in [0.15, 0.2) is 5.75 Å². The molecule has 0 aromatic heterocycles. The minimum atomic E-state index is -0.0319. The van der Waals surface area contributed by atoms with Gasteiger partial charge in [-0.05, 0) is 166 Å². The van der Waals surface area contributed by atoms with Crippen LogP contribution in [-0.4, -0.2) is 0 Å². The molecule has 4 fully saturated rings. The fraction of sp³-hybridized carbons (Fsp3) is 0.464. The van der Waals surface area contributed by atoms with E-state index in [1.807, 2.05) is 0 Å². The first-order valence-electron chi connectivity index (χ1n) is 22.8. The first kappa shape index (κ1) is 35.6. The first-order valence-corrected chi connectivity index (χ1v) is 22.8. The number of para-hydroxylation sites is 1. The monoisotopic (exact) mass is 763 g/mol. The zero-order chi connectivity index (χ0) is 39.8. The molecule has 2 bridgehead atoms. The molecule has 6 unspecified atom stereocenters. The van der Waals surface area contributed by atoms with Crippen LogP contribution in [0.15, 0.2) is 103 Å². The minimum absolute atomic E-state index is 0.000508. The quantitative estimate of drug-likeness (QED) is 0.181. The molecule has 0 N–H and O–H groups in total. The fourth-order valence-corrected chi connectivity index (χ4v) is 15.3. The van der Waals surface area contributed by atoms with Crippen molar-refractivity contribution in [1.82, 2.24) is 0 Å². The highest BCUT2D eigenvalue weighted by molar-refractivity contribution is 5.90. The van der Waals surface area contributed by atoms with Crippen molar-refractivity contribution >= 4 is 17.1 Å². The van der Waals surface area contributed by atoms with E-state index >= 15 is 0 Å². The summed E-state index contributed by atoms with van der Waals surface area (Å²) in [4.78, 5) is 2.75.